The van der Waals surface area contributed by atoms with Gasteiger partial charge in [0.1, 0.15) is 37.8 Å². The lowest BCUT2D eigenvalue weighted by molar-refractivity contribution is -0.0290. The van der Waals surface area contributed by atoms with Crippen molar-refractivity contribution in [3.05, 3.63) is 45.1 Å². The van der Waals surface area contributed by atoms with Gasteiger partial charge in [-0.1, -0.05) is 20.1 Å². The number of aromatic amines is 1. The maximum Gasteiger partial charge on any atom is 0.352 e. The summed E-state index contributed by atoms with van der Waals surface area (Å²) >= 11 is 0. The van der Waals surface area contributed by atoms with E-state index in [2.05, 4.69) is 38.1 Å². The standard InChI is InChI=1S/C24H34N7O6P/c1-7-16-17(9-20(35-16)31-11-25-14(3)29-24(31)33)37-38(5,6)34-10-18-13(2)8-19(36-18)30-12-26-21-22(30)27-15(4)28-23(21)32/h11-13,16-20H,5,7-10H2,1-4,6H3,(H,27,28,32)/t13?,16-,17?,18-,19-,20-,38?/m1/s1. The molecule has 5 heterocycles. The molecule has 14 heteroatoms. The fourth-order valence-corrected chi connectivity index (χ4v) is 6.32. The lowest BCUT2D eigenvalue weighted by atomic mass is 10.0. The zero-order valence-corrected chi connectivity index (χ0v) is 23.1. The molecule has 3 aromatic heterocycles. The van der Waals surface area contributed by atoms with Crippen LogP contribution in [0.5, 0.6) is 0 Å². The molecule has 2 saturated heterocycles. The molecular formula is C24H34N7O6P. The molecule has 5 rings (SSSR count). The fraction of sp³-hybridized carbons (Fsp3) is 0.625. The quantitative estimate of drug-likeness (QED) is 0.417. The Morgan fingerprint density at radius 3 is 2.55 bits per heavy atom. The van der Waals surface area contributed by atoms with E-state index in [-0.39, 0.29) is 36.0 Å². The van der Waals surface area contributed by atoms with Gasteiger partial charge in [-0.2, -0.15) is 4.98 Å². The number of ether oxygens (including phenoxy) is 2. The first kappa shape index (κ1) is 26.9. The van der Waals surface area contributed by atoms with Crippen LogP contribution in [0, 0.1) is 19.8 Å². The lowest BCUT2D eigenvalue weighted by Crippen LogP contribution is -2.28. The summed E-state index contributed by atoms with van der Waals surface area (Å²) in [5.41, 5.74) is 0.125. The molecule has 0 amide bonds. The van der Waals surface area contributed by atoms with Crippen LogP contribution in [0.4, 0.5) is 0 Å². The predicted octanol–water partition coefficient (Wildman–Crippen LogP) is 2.32. The van der Waals surface area contributed by atoms with Gasteiger partial charge in [0, 0.05) is 13.1 Å². The number of H-pyrrole nitrogens is 1. The zero-order chi connectivity index (χ0) is 27.2. The maximum absolute atomic E-state index is 12.3. The highest BCUT2D eigenvalue weighted by atomic mass is 31.2. The van der Waals surface area contributed by atoms with Gasteiger partial charge in [0.05, 0.1) is 31.2 Å². The number of imidazole rings is 1. The summed E-state index contributed by atoms with van der Waals surface area (Å²) in [5, 5.41) is 0. The SMILES string of the molecule is C=P(C)(OC[C@H]1O[C@@H](n2cnc3c(=O)[nH]c(C)nc32)CC1C)OC1C[C@H](n2cnc(C)nc2=O)O[C@@H]1CC. The highest BCUT2D eigenvalue weighted by molar-refractivity contribution is 7.63. The van der Waals surface area contributed by atoms with Crippen molar-refractivity contribution in [2.24, 2.45) is 5.92 Å². The predicted molar refractivity (Wildman–Crippen MR) is 141 cm³/mol. The molecule has 0 bridgehead atoms. The van der Waals surface area contributed by atoms with Crippen LogP contribution >= 0.6 is 7.34 Å². The van der Waals surface area contributed by atoms with Crippen LogP contribution in [0.3, 0.4) is 0 Å². The van der Waals surface area contributed by atoms with Crippen LogP contribution in [-0.4, -0.2) is 71.9 Å². The molecule has 0 radical (unpaired) electrons. The average molecular weight is 548 g/mol. The number of aryl methyl sites for hydroxylation is 2. The molecule has 13 nitrogen and oxygen atoms in total. The van der Waals surface area contributed by atoms with Crippen molar-refractivity contribution in [1.82, 2.24) is 34.1 Å². The van der Waals surface area contributed by atoms with E-state index < -0.39 is 19.3 Å². The third-order valence-corrected chi connectivity index (χ3v) is 8.42. The summed E-state index contributed by atoms with van der Waals surface area (Å²) in [6, 6.07) is 0. The molecule has 38 heavy (non-hydrogen) atoms. The highest BCUT2D eigenvalue weighted by Gasteiger charge is 2.39. The van der Waals surface area contributed by atoms with Crippen molar-refractivity contribution in [3.8, 4) is 0 Å². The first-order valence-electron chi connectivity index (χ1n) is 12.7. The van der Waals surface area contributed by atoms with E-state index >= 15 is 0 Å². The van der Waals surface area contributed by atoms with Crippen molar-refractivity contribution in [3.63, 3.8) is 0 Å². The summed E-state index contributed by atoms with van der Waals surface area (Å²) in [6.45, 7) is 9.70. The number of hydrogen-bond donors (Lipinski definition) is 1. The Balaban J connectivity index is 1.22. The molecule has 0 aromatic carbocycles. The molecule has 0 saturated carbocycles. The number of nitrogens with one attached hydrogen (secondary N) is 1. The molecule has 0 spiro atoms. The van der Waals surface area contributed by atoms with Gasteiger partial charge in [0.25, 0.3) is 5.56 Å². The Bertz CT molecular complexity index is 1480. The lowest BCUT2D eigenvalue weighted by Gasteiger charge is -2.28. The van der Waals surface area contributed by atoms with Gasteiger partial charge in [-0.3, -0.25) is 13.9 Å². The van der Waals surface area contributed by atoms with Crippen LogP contribution in [0.1, 0.15) is 57.2 Å². The molecule has 0 aliphatic carbocycles. The highest BCUT2D eigenvalue weighted by Crippen LogP contribution is 2.49. The van der Waals surface area contributed by atoms with Crippen molar-refractivity contribution < 1.29 is 18.5 Å². The van der Waals surface area contributed by atoms with Gasteiger partial charge < -0.3 is 23.5 Å². The summed E-state index contributed by atoms with van der Waals surface area (Å²) < 4.78 is 28.2. The number of aromatic nitrogens is 7. The Morgan fingerprint density at radius 2 is 1.82 bits per heavy atom. The Hall–Kier alpha value is -2.70. The van der Waals surface area contributed by atoms with E-state index in [9.17, 15) is 9.59 Å². The average Bonchev–Trinajstić information content (AvgIpc) is 3.54. The van der Waals surface area contributed by atoms with E-state index in [0.29, 0.717) is 42.3 Å². The molecule has 2 aliphatic rings. The van der Waals surface area contributed by atoms with E-state index in [1.54, 1.807) is 20.2 Å². The van der Waals surface area contributed by atoms with E-state index in [0.717, 1.165) is 6.42 Å². The summed E-state index contributed by atoms with van der Waals surface area (Å²) in [4.78, 5) is 43.9. The topological polar surface area (TPSA) is 148 Å². The van der Waals surface area contributed by atoms with Gasteiger partial charge in [-0.05, 0) is 32.6 Å². The molecule has 1 N–H and O–H groups in total. The molecule has 3 unspecified atom stereocenters. The monoisotopic (exact) mass is 547 g/mol. The second-order valence-electron chi connectivity index (χ2n) is 10.1. The number of nitrogens with zero attached hydrogens (tertiary/aromatic N) is 6. The Morgan fingerprint density at radius 1 is 1.11 bits per heavy atom. The van der Waals surface area contributed by atoms with E-state index in [1.165, 1.54) is 10.9 Å². The van der Waals surface area contributed by atoms with E-state index in [4.69, 9.17) is 18.5 Å². The first-order chi connectivity index (χ1) is 18.0. The van der Waals surface area contributed by atoms with Gasteiger partial charge in [-0.25, -0.2) is 19.7 Å². The summed E-state index contributed by atoms with van der Waals surface area (Å²) in [5.74, 6) is 1.13. The van der Waals surface area contributed by atoms with E-state index in [1.807, 2.05) is 18.2 Å². The molecule has 3 aromatic rings. The maximum atomic E-state index is 12.3. The van der Waals surface area contributed by atoms with Crippen LogP contribution in [-0.2, 0) is 18.5 Å². The smallest absolute Gasteiger partial charge is 0.352 e. The molecule has 2 aliphatic heterocycles. The van der Waals surface area contributed by atoms with Crippen LogP contribution < -0.4 is 11.2 Å². The second kappa shape index (κ2) is 10.5. The van der Waals surface area contributed by atoms with Gasteiger partial charge >= 0.3 is 5.69 Å². The van der Waals surface area contributed by atoms with Gasteiger partial charge in [0.2, 0.25) is 0 Å². The third kappa shape index (κ3) is 5.39. The van der Waals surface area contributed by atoms with Crippen LogP contribution in [0.2, 0.25) is 0 Å². The van der Waals surface area contributed by atoms with Crippen LogP contribution in [0.25, 0.3) is 11.2 Å². The minimum Gasteiger partial charge on any atom is -0.352 e. The van der Waals surface area contributed by atoms with Crippen molar-refractivity contribution in [2.45, 2.75) is 77.7 Å². The zero-order valence-electron chi connectivity index (χ0n) is 22.2. The fourth-order valence-electron chi connectivity index (χ4n) is 5.00. The van der Waals surface area contributed by atoms with Crippen molar-refractivity contribution in [1.29, 1.82) is 0 Å². The molecule has 2 fully saturated rings. The molecular weight excluding hydrogens is 513 g/mol. The molecule has 206 valence electrons. The van der Waals surface area contributed by atoms with Gasteiger partial charge in [-0.15, -0.1) is 0 Å². The van der Waals surface area contributed by atoms with Gasteiger partial charge in [0.15, 0.2) is 11.2 Å². The summed E-state index contributed by atoms with van der Waals surface area (Å²) in [7, 11) is -2.50. The minimum atomic E-state index is -2.50. The van der Waals surface area contributed by atoms with Crippen molar-refractivity contribution in [2.75, 3.05) is 13.3 Å². The van der Waals surface area contributed by atoms with Crippen LogP contribution in [0.15, 0.2) is 22.2 Å². The Labute approximate surface area is 219 Å². The Kier molecular flexibility index (Phi) is 7.40. The number of fused-ring (bicyclic) bond motifs is 1. The number of hydrogen-bond acceptors (Lipinski definition) is 10. The first-order valence-corrected chi connectivity index (χ1v) is 15.0. The van der Waals surface area contributed by atoms with Crippen molar-refractivity contribution >= 4 is 24.8 Å². The largest absolute Gasteiger partial charge is 0.352 e. The normalized spacial score (nSPS) is 29.2. The summed E-state index contributed by atoms with van der Waals surface area (Å²) in [6.07, 6.45) is 7.71. The minimum absolute atomic E-state index is 0.191. The second-order valence-corrected chi connectivity index (χ2v) is 12.6. The molecule has 7 atom stereocenters. The number of rotatable bonds is 8. The third-order valence-electron chi connectivity index (χ3n) is 7.01.